The van der Waals surface area contributed by atoms with E-state index in [-0.39, 0.29) is 25.1 Å². The van der Waals surface area contributed by atoms with Crippen molar-refractivity contribution in [3.63, 3.8) is 0 Å². The molecular weight excluding hydrogens is 214 g/mol. The van der Waals surface area contributed by atoms with Gasteiger partial charge in [-0.15, -0.1) is 12.4 Å². The number of ether oxygens (including phenoxy) is 1. The average molecular weight is 232 g/mol. The number of hydrogen-bond acceptors (Lipinski definition) is 3. The molecule has 0 aromatic heterocycles. The van der Waals surface area contributed by atoms with Crippen LogP contribution in [-0.4, -0.2) is 18.8 Å². The van der Waals surface area contributed by atoms with Gasteiger partial charge in [0, 0.05) is 19.8 Å². The summed E-state index contributed by atoms with van der Waals surface area (Å²) in [5, 5.41) is 8.74. The zero-order valence-electron chi connectivity index (χ0n) is 8.85. The molecule has 4 heteroatoms. The molecule has 0 saturated heterocycles. The molecule has 1 rings (SSSR count). The first-order valence-corrected chi connectivity index (χ1v) is 4.72. The summed E-state index contributed by atoms with van der Waals surface area (Å²) in [4.78, 5) is 0. The predicted octanol–water partition coefficient (Wildman–Crippen LogP) is 1.64. The second kappa shape index (κ2) is 7.65. The van der Waals surface area contributed by atoms with Gasteiger partial charge in [-0.25, -0.2) is 0 Å². The van der Waals surface area contributed by atoms with E-state index in [4.69, 9.17) is 15.6 Å². The van der Waals surface area contributed by atoms with Gasteiger partial charge >= 0.3 is 0 Å². The van der Waals surface area contributed by atoms with Crippen molar-refractivity contribution in [3.8, 4) is 0 Å². The Balaban J connectivity index is 0.00000196. The number of halogens is 1. The fourth-order valence-electron chi connectivity index (χ4n) is 1.33. The highest BCUT2D eigenvalue weighted by atomic mass is 35.5. The molecule has 0 aliphatic carbocycles. The number of rotatable bonds is 5. The van der Waals surface area contributed by atoms with Crippen LogP contribution in [0.2, 0.25) is 0 Å². The van der Waals surface area contributed by atoms with Gasteiger partial charge in [-0.2, -0.15) is 0 Å². The van der Waals surface area contributed by atoms with E-state index < -0.39 is 0 Å². The fourth-order valence-corrected chi connectivity index (χ4v) is 1.33. The first-order valence-electron chi connectivity index (χ1n) is 4.72. The number of aliphatic hydroxyl groups excluding tert-OH is 1. The van der Waals surface area contributed by atoms with E-state index in [0.717, 1.165) is 11.1 Å². The molecule has 3 nitrogen and oxygen atoms in total. The molecule has 0 saturated carbocycles. The largest absolute Gasteiger partial charge is 0.396 e. The SMILES string of the molecule is COCc1ccc(C(N)CCO)cc1.Cl. The Labute approximate surface area is 96.7 Å². The van der Waals surface area contributed by atoms with Crippen LogP contribution in [0, 0.1) is 0 Å². The van der Waals surface area contributed by atoms with E-state index in [9.17, 15) is 0 Å². The topological polar surface area (TPSA) is 55.5 Å². The highest BCUT2D eigenvalue weighted by Crippen LogP contribution is 2.14. The predicted molar refractivity (Wildman–Crippen MR) is 63.0 cm³/mol. The highest BCUT2D eigenvalue weighted by molar-refractivity contribution is 5.85. The number of benzene rings is 1. The molecule has 15 heavy (non-hydrogen) atoms. The molecule has 1 aromatic carbocycles. The Bertz CT molecular complexity index is 264. The van der Waals surface area contributed by atoms with Crippen molar-refractivity contribution < 1.29 is 9.84 Å². The van der Waals surface area contributed by atoms with Gasteiger partial charge in [0.15, 0.2) is 0 Å². The number of methoxy groups -OCH3 is 1. The quantitative estimate of drug-likeness (QED) is 0.810. The van der Waals surface area contributed by atoms with E-state index in [1.807, 2.05) is 24.3 Å². The number of nitrogens with two attached hydrogens (primary N) is 1. The van der Waals surface area contributed by atoms with Crippen molar-refractivity contribution in [2.45, 2.75) is 19.1 Å². The normalized spacial score (nSPS) is 11.9. The molecule has 0 spiro atoms. The van der Waals surface area contributed by atoms with Crippen molar-refractivity contribution in [1.82, 2.24) is 0 Å². The van der Waals surface area contributed by atoms with Gasteiger partial charge in [0.1, 0.15) is 0 Å². The summed E-state index contributed by atoms with van der Waals surface area (Å²) in [5.41, 5.74) is 8.02. The molecule has 86 valence electrons. The van der Waals surface area contributed by atoms with Crippen molar-refractivity contribution in [2.75, 3.05) is 13.7 Å². The summed E-state index contributed by atoms with van der Waals surface area (Å²) < 4.78 is 5.00. The van der Waals surface area contributed by atoms with E-state index in [1.54, 1.807) is 7.11 Å². The minimum absolute atomic E-state index is 0. The minimum atomic E-state index is -0.0726. The van der Waals surface area contributed by atoms with E-state index in [2.05, 4.69) is 0 Å². The summed E-state index contributed by atoms with van der Waals surface area (Å²) >= 11 is 0. The van der Waals surface area contributed by atoms with Gasteiger partial charge in [0.25, 0.3) is 0 Å². The van der Waals surface area contributed by atoms with Crippen molar-refractivity contribution >= 4 is 12.4 Å². The molecule has 0 radical (unpaired) electrons. The summed E-state index contributed by atoms with van der Waals surface area (Å²) in [7, 11) is 1.67. The Morgan fingerprint density at radius 1 is 1.33 bits per heavy atom. The molecule has 1 atom stereocenters. The van der Waals surface area contributed by atoms with Crippen LogP contribution in [0.15, 0.2) is 24.3 Å². The number of aliphatic hydroxyl groups is 1. The van der Waals surface area contributed by atoms with Crippen LogP contribution in [-0.2, 0) is 11.3 Å². The van der Waals surface area contributed by atoms with Crippen LogP contribution in [0.25, 0.3) is 0 Å². The molecule has 1 unspecified atom stereocenters. The van der Waals surface area contributed by atoms with Gasteiger partial charge in [-0.3, -0.25) is 0 Å². The molecule has 0 aliphatic rings. The molecule has 0 bridgehead atoms. The third-order valence-corrected chi connectivity index (χ3v) is 2.16. The van der Waals surface area contributed by atoms with Gasteiger partial charge in [0.05, 0.1) is 6.61 Å². The Morgan fingerprint density at radius 3 is 2.40 bits per heavy atom. The lowest BCUT2D eigenvalue weighted by Gasteiger charge is -2.10. The van der Waals surface area contributed by atoms with Crippen LogP contribution in [0.4, 0.5) is 0 Å². The third-order valence-electron chi connectivity index (χ3n) is 2.16. The van der Waals surface area contributed by atoms with Crippen molar-refractivity contribution in [1.29, 1.82) is 0 Å². The van der Waals surface area contributed by atoms with Crippen LogP contribution in [0.3, 0.4) is 0 Å². The van der Waals surface area contributed by atoms with Crippen LogP contribution < -0.4 is 5.73 Å². The minimum Gasteiger partial charge on any atom is -0.396 e. The second-order valence-corrected chi connectivity index (χ2v) is 3.29. The molecule has 0 heterocycles. The summed E-state index contributed by atoms with van der Waals surface area (Å²) in [6.45, 7) is 0.747. The lowest BCUT2D eigenvalue weighted by Crippen LogP contribution is -2.11. The maximum absolute atomic E-state index is 8.74. The Kier molecular flexibility index (Phi) is 7.34. The first kappa shape index (κ1) is 14.4. The van der Waals surface area contributed by atoms with E-state index in [0.29, 0.717) is 13.0 Å². The van der Waals surface area contributed by atoms with Crippen molar-refractivity contribution in [2.24, 2.45) is 5.73 Å². The van der Waals surface area contributed by atoms with Gasteiger partial charge in [-0.05, 0) is 17.5 Å². The lowest BCUT2D eigenvalue weighted by molar-refractivity contribution is 0.185. The summed E-state index contributed by atoms with van der Waals surface area (Å²) in [6.07, 6.45) is 0.601. The maximum atomic E-state index is 8.74. The van der Waals surface area contributed by atoms with Crippen LogP contribution in [0.1, 0.15) is 23.6 Å². The van der Waals surface area contributed by atoms with Gasteiger partial charge in [0.2, 0.25) is 0 Å². The lowest BCUT2D eigenvalue weighted by atomic mass is 10.0. The van der Waals surface area contributed by atoms with E-state index >= 15 is 0 Å². The van der Waals surface area contributed by atoms with Crippen LogP contribution in [0.5, 0.6) is 0 Å². The zero-order valence-corrected chi connectivity index (χ0v) is 9.67. The monoisotopic (exact) mass is 231 g/mol. The first-order chi connectivity index (χ1) is 6.77. The molecule has 0 fully saturated rings. The fraction of sp³-hybridized carbons (Fsp3) is 0.455. The van der Waals surface area contributed by atoms with Gasteiger partial charge < -0.3 is 15.6 Å². The smallest absolute Gasteiger partial charge is 0.0713 e. The van der Waals surface area contributed by atoms with E-state index in [1.165, 1.54) is 0 Å². The molecule has 0 amide bonds. The third kappa shape index (κ3) is 4.62. The zero-order chi connectivity index (χ0) is 10.4. The van der Waals surface area contributed by atoms with Crippen molar-refractivity contribution in [3.05, 3.63) is 35.4 Å². The molecular formula is C11H18ClNO2. The Morgan fingerprint density at radius 2 is 1.93 bits per heavy atom. The van der Waals surface area contributed by atoms with Crippen LogP contribution >= 0.6 is 12.4 Å². The second-order valence-electron chi connectivity index (χ2n) is 3.29. The molecule has 1 aromatic rings. The average Bonchev–Trinajstić information content (AvgIpc) is 2.20. The Hall–Kier alpha value is -0.610. The molecule has 3 N–H and O–H groups in total. The number of hydrogen-bond donors (Lipinski definition) is 2. The highest BCUT2D eigenvalue weighted by Gasteiger charge is 2.04. The summed E-state index contributed by atoms with van der Waals surface area (Å²) in [5.74, 6) is 0. The van der Waals surface area contributed by atoms with Gasteiger partial charge in [-0.1, -0.05) is 24.3 Å². The maximum Gasteiger partial charge on any atom is 0.0713 e. The standard InChI is InChI=1S/C11H17NO2.ClH/c1-14-8-9-2-4-10(5-3-9)11(12)6-7-13;/h2-5,11,13H,6-8,12H2,1H3;1H. The summed E-state index contributed by atoms with van der Waals surface area (Å²) in [6, 6.07) is 7.88. The molecule has 0 aliphatic heterocycles.